The largest absolute Gasteiger partial charge is 0.466 e. The molecule has 88 valence electrons. The first-order chi connectivity index (χ1) is 7.06. The third kappa shape index (κ3) is 5.37. The van der Waals surface area contributed by atoms with Crippen molar-refractivity contribution in [1.82, 2.24) is 0 Å². The van der Waals surface area contributed by atoms with Crippen molar-refractivity contribution in [3.63, 3.8) is 0 Å². The van der Waals surface area contributed by atoms with Crippen LogP contribution in [0, 0.1) is 0 Å². The van der Waals surface area contributed by atoms with Crippen LogP contribution in [-0.4, -0.2) is 34.4 Å². The van der Waals surface area contributed by atoms with Gasteiger partial charge in [0.2, 0.25) is 0 Å². The summed E-state index contributed by atoms with van der Waals surface area (Å²) in [5.41, 5.74) is 0.620. The Morgan fingerprint density at radius 2 is 2.20 bits per heavy atom. The average molecular weight is 250 g/mol. The lowest BCUT2D eigenvalue weighted by atomic mass is 10.2. The summed E-state index contributed by atoms with van der Waals surface area (Å²) in [6.45, 7) is 1.96. The first-order valence-corrected chi connectivity index (χ1v) is 7.60. The van der Waals surface area contributed by atoms with E-state index in [-0.39, 0.29) is 10.6 Å². The Hall–Kier alpha value is -0.290. The number of hydrogen-bond acceptors (Lipinski definition) is 4. The highest BCUT2D eigenvalue weighted by Gasteiger charge is 2.18. The van der Waals surface area contributed by atoms with Crippen molar-refractivity contribution in [2.75, 3.05) is 19.6 Å². The second kappa shape index (κ2) is 7.93. The lowest BCUT2D eigenvalue weighted by molar-refractivity contribution is -0.136. The lowest BCUT2D eigenvalue weighted by Crippen LogP contribution is -2.15. The summed E-state index contributed by atoms with van der Waals surface area (Å²) in [5.74, 6) is -0.318. The molecule has 0 bridgehead atoms. The van der Waals surface area contributed by atoms with Crippen molar-refractivity contribution in [1.29, 1.82) is 0 Å². The van der Waals surface area contributed by atoms with Crippen LogP contribution in [0.25, 0.3) is 0 Å². The van der Waals surface area contributed by atoms with Crippen molar-refractivity contribution in [3.05, 3.63) is 11.6 Å². The summed E-state index contributed by atoms with van der Waals surface area (Å²) in [7, 11) is 0.432. The number of ether oxygens (including phenoxy) is 1. The number of rotatable bonds is 6. The fourth-order valence-corrected chi connectivity index (χ4v) is 2.99. The Morgan fingerprint density at radius 3 is 2.53 bits per heavy atom. The molecule has 0 aliphatic rings. The number of esters is 1. The highest BCUT2D eigenvalue weighted by molar-refractivity contribution is 8.10. The molecule has 0 spiro atoms. The van der Waals surface area contributed by atoms with E-state index >= 15 is 0 Å². The Balaban J connectivity index is 4.60. The van der Waals surface area contributed by atoms with E-state index in [1.807, 2.05) is 19.3 Å². The Kier molecular flexibility index (Phi) is 7.78. The predicted octanol–water partition coefficient (Wildman–Crippen LogP) is 1.95. The minimum Gasteiger partial charge on any atom is -0.466 e. The van der Waals surface area contributed by atoms with Crippen LogP contribution in [0.4, 0.5) is 0 Å². The molecular weight excluding hydrogens is 232 g/mol. The van der Waals surface area contributed by atoms with Gasteiger partial charge in [-0.25, -0.2) is 4.79 Å². The molecule has 0 saturated carbocycles. The van der Waals surface area contributed by atoms with E-state index in [0.29, 0.717) is 12.0 Å². The van der Waals surface area contributed by atoms with E-state index in [9.17, 15) is 9.00 Å². The fraction of sp³-hybridized carbons (Fsp3) is 0.700. The number of methoxy groups -OCH3 is 1. The molecule has 0 fully saturated rings. The maximum atomic E-state index is 11.4. The molecule has 0 saturated heterocycles. The van der Waals surface area contributed by atoms with Gasteiger partial charge in [0.15, 0.2) is 0 Å². The molecule has 0 aliphatic carbocycles. The summed E-state index contributed by atoms with van der Waals surface area (Å²) >= 11 is 1.51. The third-order valence-electron chi connectivity index (χ3n) is 1.92. The summed E-state index contributed by atoms with van der Waals surface area (Å²) in [5, 5.41) is 0. The SMILES string of the molecule is CC/C=C(/CC(SC)S(C)=O)C(=O)OC. The molecule has 0 aromatic rings. The van der Waals surface area contributed by atoms with Gasteiger partial charge in [0.1, 0.15) is 0 Å². The van der Waals surface area contributed by atoms with Gasteiger partial charge in [-0.05, 0) is 12.7 Å². The topological polar surface area (TPSA) is 43.4 Å². The van der Waals surface area contributed by atoms with Gasteiger partial charge >= 0.3 is 5.97 Å². The summed E-state index contributed by atoms with van der Waals surface area (Å²) < 4.78 is 16.0. The zero-order valence-electron chi connectivity index (χ0n) is 9.61. The second-order valence-corrected chi connectivity index (χ2v) is 5.90. The smallest absolute Gasteiger partial charge is 0.333 e. The maximum absolute atomic E-state index is 11.4. The number of carbonyl (C=O) groups is 1. The average Bonchev–Trinajstić information content (AvgIpc) is 2.22. The zero-order chi connectivity index (χ0) is 11.8. The van der Waals surface area contributed by atoms with Gasteiger partial charge in [0.05, 0.1) is 11.7 Å². The van der Waals surface area contributed by atoms with Crippen LogP contribution in [0.5, 0.6) is 0 Å². The van der Waals surface area contributed by atoms with Crippen molar-refractivity contribution < 1.29 is 13.7 Å². The quantitative estimate of drug-likeness (QED) is 0.534. The van der Waals surface area contributed by atoms with Gasteiger partial charge in [-0.2, -0.15) is 0 Å². The number of allylic oxidation sites excluding steroid dienone is 1. The van der Waals surface area contributed by atoms with Crippen molar-refractivity contribution in [3.8, 4) is 0 Å². The molecule has 0 radical (unpaired) electrons. The molecule has 0 amide bonds. The Bertz CT molecular complexity index is 261. The van der Waals surface area contributed by atoms with Gasteiger partial charge in [-0.1, -0.05) is 13.0 Å². The maximum Gasteiger partial charge on any atom is 0.333 e. The molecule has 0 aromatic heterocycles. The van der Waals surface area contributed by atoms with E-state index in [2.05, 4.69) is 4.74 Å². The number of hydrogen-bond donors (Lipinski definition) is 0. The normalized spacial score (nSPS) is 15.9. The van der Waals surface area contributed by atoms with Crippen LogP contribution in [0.2, 0.25) is 0 Å². The lowest BCUT2D eigenvalue weighted by Gasteiger charge is -2.12. The van der Waals surface area contributed by atoms with Gasteiger partial charge < -0.3 is 4.74 Å². The molecule has 0 N–H and O–H groups in total. The van der Waals surface area contributed by atoms with Crippen LogP contribution in [0.3, 0.4) is 0 Å². The molecule has 3 nitrogen and oxygen atoms in total. The molecule has 0 aliphatic heterocycles. The molecule has 0 heterocycles. The third-order valence-corrected chi connectivity index (χ3v) is 4.91. The highest BCUT2D eigenvalue weighted by atomic mass is 32.2. The van der Waals surface area contributed by atoms with Gasteiger partial charge in [-0.3, -0.25) is 4.21 Å². The van der Waals surface area contributed by atoms with Gasteiger partial charge in [0, 0.05) is 29.0 Å². The Labute approximate surface area is 98.1 Å². The van der Waals surface area contributed by atoms with E-state index in [1.165, 1.54) is 18.9 Å². The van der Waals surface area contributed by atoms with Gasteiger partial charge in [0.25, 0.3) is 0 Å². The molecule has 15 heavy (non-hydrogen) atoms. The molecule has 2 unspecified atom stereocenters. The second-order valence-electron chi connectivity index (χ2n) is 3.00. The van der Waals surface area contributed by atoms with E-state index in [1.54, 1.807) is 6.26 Å². The Morgan fingerprint density at radius 1 is 1.60 bits per heavy atom. The van der Waals surface area contributed by atoms with Crippen LogP contribution in [-0.2, 0) is 20.3 Å². The van der Waals surface area contributed by atoms with Crippen LogP contribution in [0.15, 0.2) is 11.6 Å². The van der Waals surface area contributed by atoms with Gasteiger partial charge in [-0.15, -0.1) is 11.8 Å². The number of thioether (sulfide) groups is 1. The molecule has 0 aromatic carbocycles. The minimum absolute atomic E-state index is 0.0399. The predicted molar refractivity (Wildman–Crippen MR) is 66.4 cm³/mol. The molecular formula is C10H18O3S2. The molecule has 2 atom stereocenters. The van der Waals surface area contributed by atoms with E-state index in [0.717, 1.165) is 6.42 Å². The standard InChI is InChI=1S/C10H18O3S2/c1-5-6-8(10(11)13-2)7-9(14-3)15(4)12/h6,9H,5,7H2,1-4H3/b8-6-. The fourth-order valence-electron chi connectivity index (χ4n) is 1.14. The first kappa shape index (κ1) is 14.7. The summed E-state index contributed by atoms with van der Waals surface area (Å²) in [4.78, 5) is 11.4. The van der Waals surface area contributed by atoms with E-state index in [4.69, 9.17) is 0 Å². The van der Waals surface area contributed by atoms with Crippen molar-refractivity contribution in [2.24, 2.45) is 0 Å². The number of carbonyl (C=O) groups excluding carboxylic acids is 1. The van der Waals surface area contributed by atoms with Crippen molar-refractivity contribution >= 4 is 28.5 Å². The monoisotopic (exact) mass is 250 g/mol. The van der Waals surface area contributed by atoms with Crippen molar-refractivity contribution in [2.45, 2.75) is 24.3 Å². The zero-order valence-corrected chi connectivity index (χ0v) is 11.2. The molecule has 0 rings (SSSR count). The van der Waals surface area contributed by atoms with E-state index < -0.39 is 10.8 Å². The minimum atomic E-state index is -0.932. The summed E-state index contributed by atoms with van der Waals surface area (Å²) in [6, 6.07) is 0. The summed E-state index contributed by atoms with van der Waals surface area (Å²) in [6.07, 6.45) is 6.67. The molecule has 5 heteroatoms. The van der Waals surface area contributed by atoms with Crippen LogP contribution >= 0.6 is 11.8 Å². The van der Waals surface area contributed by atoms with Crippen LogP contribution in [0.1, 0.15) is 19.8 Å². The van der Waals surface area contributed by atoms with Crippen LogP contribution < -0.4 is 0 Å². The first-order valence-electron chi connectivity index (χ1n) is 4.69. The highest BCUT2D eigenvalue weighted by Crippen LogP contribution is 2.20.